The summed E-state index contributed by atoms with van der Waals surface area (Å²) in [5.41, 5.74) is 7.94. The van der Waals surface area contributed by atoms with Crippen molar-refractivity contribution in [2.75, 3.05) is 12.4 Å². The van der Waals surface area contributed by atoms with E-state index in [1.54, 1.807) is 31.4 Å². The van der Waals surface area contributed by atoms with E-state index in [0.29, 0.717) is 17.0 Å². The molecule has 2 saturated heterocycles. The van der Waals surface area contributed by atoms with Gasteiger partial charge in [0.05, 0.1) is 25.5 Å². The molecule has 1 spiro atoms. The molecule has 9 nitrogen and oxygen atoms in total. The SMILES string of the molecule is COc1ccc(CN2C(=O)[C@@H]3[C@H](CC(N)=O)N[C@]4(C(=O)Nc5c4ccc(C)c5C)[C@H]3C2=O)cc1. The summed E-state index contributed by atoms with van der Waals surface area (Å²) in [6, 6.07) is 10.1. The Bertz CT molecular complexity index is 1240. The van der Waals surface area contributed by atoms with Crippen LogP contribution in [0.3, 0.4) is 0 Å². The molecule has 0 saturated carbocycles. The van der Waals surface area contributed by atoms with E-state index < -0.39 is 47.0 Å². The van der Waals surface area contributed by atoms with Crippen molar-refractivity contribution in [3.63, 3.8) is 0 Å². The fourth-order valence-electron chi connectivity index (χ4n) is 5.64. The van der Waals surface area contributed by atoms with Crippen LogP contribution in [0, 0.1) is 25.7 Å². The van der Waals surface area contributed by atoms with Gasteiger partial charge in [0.2, 0.25) is 23.6 Å². The van der Waals surface area contributed by atoms with Crippen LogP contribution in [-0.2, 0) is 31.3 Å². The monoisotopic (exact) mass is 462 g/mol. The minimum atomic E-state index is -1.44. The van der Waals surface area contributed by atoms with Gasteiger partial charge in [0.15, 0.2) is 0 Å². The number of amides is 4. The Morgan fingerprint density at radius 2 is 1.79 bits per heavy atom. The Morgan fingerprint density at radius 1 is 1.09 bits per heavy atom. The van der Waals surface area contributed by atoms with Gasteiger partial charge in [0.1, 0.15) is 11.3 Å². The molecule has 9 heteroatoms. The van der Waals surface area contributed by atoms with Crippen LogP contribution >= 0.6 is 0 Å². The second kappa shape index (κ2) is 7.66. The second-order valence-corrected chi connectivity index (χ2v) is 9.23. The largest absolute Gasteiger partial charge is 0.497 e. The van der Waals surface area contributed by atoms with Gasteiger partial charge in [-0.3, -0.25) is 29.4 Å². The highest BCUT2D eigenvalue weighted by Crippen LogP contribution is 2.54. The maximum absolute atomic E-state index is 13.8. The summed E-state index contributed by atoms with van der Waals surface area (Å²) in [5.74, 6) is -3.05. The van der Waals surface area contributed by atoms with Crippen LogP contribution in [0.4, 0.5) is 5.69 Å². The van der Waals surface area contributed by atoms with Crippen LogP contribution in [0.1, 0.15) is 28.7 Å². The number of benzene rings is 2. The van der Waals surface area contributed by atoms with Crippen LogP contribution in [-0.4, -0.2) is 41.7 Å². The lowest BCUT2D eigenvalue weighted by molar-refractivity contribution is -0.143. The number of fused-ring (bicyclic) bond motifs is 4. The maximum atomic E-state index is 13.8. The van der Waals surface area contributed by atoms with Gasteiger partial charge in [-0.15, -0.1) is 0 Å². The van der Waals surface area contributed by atoms with Gasteiger partial charge < -0.3 is 15.8 Å². The molecule has 5 rings (SSSR count). The van der Waals surface area contributed by atoms with Crippen LogP contribution in [0.2, 0.25) is 0 Å². The lowest BCUT2D eigenvalue weighted by atomic mass is 9.76. The summed E-state index contributed by atoms with van der Waals surface area (Å²) in [6.07, 6.45) is -0.161. The summed E-state index contributed by atoms with van der Waals surface area (Å²) < 4.78 is 5.18. The summed E-state index contributed by atoms with van der Waals surface area (Å²) in [6.45, 7) is 3.90. The Labute approximate surface area is 196 Å². The number of ether oxygens (including phenoxy) is 1. The van der Waals surface area contributed by atoms with Crippen LogP contribution in [0.15, 0.2) is 36.4 Å². The van der Waals surface area contributed by atoms with Gasteiger partial charge in [-0.2, -0.15) is 0 Å². The van der Waals surface area contributed by atoms with Crippen molar-refractivity contribution in [2.45, 2.75) is 38.4 Å². The molecule has 0 bridgehead atoms. The second-order valence-electron chi connectivity index (χ2n) is 9.23. The number of carbonyl (C=O) groups excluding carboxylic acids is 4. The summed E-state index contributed by atoms with van der Waals surface area (Å²) >= 11 is 0. The van der Waals surface area contributed by atoms with Gasteiger partial charge in [-0.1, -0.05) is 24.3 Å². The van der Waals surface area contributed by atoms with E-state index in [1.807, 2.05) is 26.0 Å². The molecule has 0 aromatic heterocycles. The first-order valence-corrected chi connectivity index (χ1v) is 11.1. The number of imide groups is 1. The van der Waals surface area contributed by atoms with Crippen molar-refractivity contribution in [1.29, 1.82) is 0 Å². The number of nitrogens with zero attached hydrogens (tertiary/aromatic N) is 1. The van der Waals surface area contributed by atoms with Gasteiger partial charge in [-0.25, -0.2) is 0 Å². The Kier molecular flexibility index (Phi) is 4.98. The summed E-state index contributed by atoms with van der Waals surface area (Å²) in [7, 11) is 1.56. The topological polar surface area (TPSA) is 131 Å². The number of carbonyl (C=O) groups is 4. The Morgan fingerprint density at radius 3 is 2.44 bits per heavy atom. The van der Waals surface area contributed by atoms with E-state index in [2.05, 4.69) is 10.6 Å². The Balaban J connectivity index is 1.59. The molecule has 4 atom stereocenters. The molecule has 4 N–H and O–H groups in total. The van der Waals surface area contributed by atoms with E-state index in [-0.39, 0.29) is 13.0 Å². The lowest BCUT2D eigenvalue weighted by Gasteiger charge is -2.29. The predicted molar refractivity (Wildman–Crippen MR) is 122 cm³/mol. The zero-order valence-corrected chi connectivity index (χ0v) is 19.2. The molecule has 4 amide bonds. The molecular formula is C25H26N4O5. The van der Waals surface area contributed by atoms with Crippen LogP contribution in [0.5, 0.6) is 5.75 Å². The molecule has 0 radical (unpaired) electrons. The molecule has 3 heterocycles. The number of aryl methyl sites for hydroxylation is 1. The van der Waals surface area contributed by atoms with Crippen molar-refractivity contribution in [1.82, 2.24) is 10.2 Å². The number of anilines is 1. The van der Waals surface area contributed by atoms with Crippen molar-refractivity contribution in [3.05, 3.63) is 58.7 Å². The quantitative estimate of drug-likeness (QED) is 0.571. The number of primary amides is 1. The average Bonchev–Trinajstić information content (AvgIpc) is 3.37. The number of methoxy groups -OCH3 is 1. The zero-order chi connectivity index (χ0) is 24.4. The molecule has 0 aliphatic carbocycles. The van der Waals surface area contributed by atoms with Crippen molar-refractivity contribution in [3.8, 4) is 5.75 Å². The molecule has 2 fully saturated rings. The van der Waals surface area contributed by atoms with Crippen molar-refractivity contribution < 1.29 is 23.9 Å². The minimum Gasteiger partial charge on any atom is -0.497 e. The first-order valence-electron chi connectivity index (χ1n) is 11.1. The number of hydrogen-bond acceptors (Lipinski definition) is 6. The standard InChI is InChI=1S/C25H26N4O5/c1-12-4-9-16-21(13(12)2)27-24(33)25(16)20-19(17(28-25)10-18(26)30)22(31)29(23(20)32)11-14-5-7-15(34-3)8-6-14/h4-9,17,19-20,28H,10-11H2,1-3H3,(H2,26,30)(H,27,33)/t17-,19+,20+,25-/m0/s1. The van der Waals surface area contributed by atoms with Crippen molar-refractivity contribution >= 4 is 29.3 Å². The van der Waals surface area contributed by atoms with E-state index >= 15 is 0 Å². The highest BCUT2D eigenvalue weighted by molar-refractivity contribution is 6.15. The molecule has 2 aromatic rings. The smallest absolute Gasteiger partial charge is 0.250 e. The lowest BCUT2D eigenvalue weighted by Crippen LogP contribution is -2.53. The average molecular weight is 463 g/mol. The van der Waals surface area contributed by atoms with Gasteiger partial charge in [0.25, 0.3) is 0 Å². The molecule has 3 aliphatic rings. The van der Waals surface area contributed by atoms with Gasteiger partial charge in [0, 0.05) is 23.7 Å². The van der Waals surface area contributed by atoms with Crippen molar-refractivity contribution in [2.24, 2.45) is 17.6 Å². The molecular weight excluding hydrogens is 436 g/mol. The number of likely N-dealkylation sites (tertiary alicyclic amines) is 1. The first kappa shape index (κ1) is 22.1. The van der Waals surface area contributed by atoms with Crippen LogP contribution in [0.25, 0.3) is 0 Å². The van der Waals surface area contributed by atoms with Gasteiger partial charge >= 0.3 is 0 Å². The number of nitrogens with one attached hydrogen (secondary N) is 2. The highest BCUT2D eigenvalue weighted by atomic mass is 16.5. The van der Waals surface area contributed by atoms with Gasteiger partial charge in [-0.05, 0) is 42.7 Å². The zero-order valence-electron chi connectivity index (χ0n) is 19.2. The van der Waals surface area contributed by atoms with E-state index in [1.165, 1.54) is 4.90 Å². The third-order valence-electron chi connectivity index (χ3n) is 7.43. The summed E-state index contributed by atoms with van der Waals surface area (Å²) in [4.78, 5) is 53.9. The fraction of sp³-hybridized carbons (Fsp3) is 0.360. The number of nitrogens with two attached hydrogens (primary N) is 1. The maximum Gasteiger partial charge on any atom is 0.250 e. The van der Waals surface area contributed by atoms with Crippen LogP contribution < -0.4 is 21.1 Å². The molecule has 0 unspecified atom stereocenters. The molecule has 176 valence electrons. The third-order valence-corrected chi connectivity index (χ3v) is 7.43. The normalized spacial score (nSPS) is 27.2. The third kappa shape index (κ3) is 2.96. The number of hydrogen-bond donors (Lipinski definition) is 3. The minimum absolute atomic E-state index is 0.0649. The van der Waals surface area contributed by atoms with E-state index in [4.69, 9.17) is 10.5 Å². The molecule has 34 heavy (non-hydrogen) atoms. The van der Waals surface area contributed by atoms with E-state index in [9.17, 15) is 19.2 Å². The number of rotatable bonds is 5. The summed E-state index contributed by atoms with van der Waals surface area (Å²) in [5, 5.41) is 6.14. The predicted octanol–water partition coefficient (Wildman–Crippen LogP) is 1.11. The first-order chi connectivity index (χ1) is 16.2. The highest BCUT2D eigenvalue weighted by Gasteiger charge is 2.70. The molecule has 3 aliphatic heterocycles. The van der Waals surface area contributed by atoms with E-state index in [0.717, 1.165) is 16.7 Å². The molecule has 2 aromatic carbocycles. The Hall–Kier alpha value is -3.72. The fourth-order valence-corrected chi connectivity index (χ4v) is 5.64.